The second kappa shape index (κ2) is 14.0. The van der Waals surface area contributed by atoms with E-state index in [9.17, 15) is 13.2 Å². The number of fused-ring (bicyclic) bond motifs is 3. The summed E-state index contributed by atoms with van der Waals surface area (Å²) in [5, 5.41) is -0.00419. The first-order valence-electron chi connectivity index (χ1n) is 15.7. The zero-order valence-electron chi connectivity index (χ0n) is 25.6. The van der Waals surface area contributed by atoms with Crippen LogP contribution in [0.15, 0.2) is 48.6 Å². The molecule has 0 aromatic heterocycles. The van der Waals surface area contributed by atoms with Crippen molar-refractivity contribution < 1.29 is 22.7 Å². The van der Waals surface area contributed by atoms with Crippen LogP contribution in [0.3, 0.4) is 0 Å². The zero-order valence-corrected chi connectivity index (χ0v) is 27.1. The van der Waals surface area contributed by atoms with Gasteiger partial charge in [0, 0.05) is 37.4 Å². The Bertz CT molecular complexity index is 1430. The number of nitrogens with one attached hydrogen (secondary N) is 1. The summed E-state index contributed by atoms with van der Waals surface area (Å²) in [4.78, 5) is 15.8. The van der Waals surface area contributed by atoms with E-state index in [0.29, 0.717) is 42.8 Å². The van der Waals surface area contributed by atoms with Gasteiger partial charge in [-0.1, -0.05) is 36.7 Å². The maximum Gasteiger partial charge on any atom is 0.264 e. The predicted molar refractivity (Wildman–Crippen MR) is 172 cm³/mol. The van der Waals surface area contributed by atoms with Crippen LogP contribution in [0.1, 0.15) is 73.9 Å². The summed E-state index contributed by atoms with van der Waals surface area (Å²) in [7, 11) is -2.20. The molecule has 2 aromatic rings. The first-order chi connectivity index (χ1) is 20.6. The quantitative estimate of drug-likeness (QED) is 0.377. The van der Waals surface area contributed by atoms with Gasteiger partial charge in [-0.2, -0.15) is 0 Å². The summed E-state index contributed by atoms with van der Waals surface area (Å²) in [6, 6.07) is 11.2. The van der Waals surface area contributed by atoms with Crippen molar-refractivity contribution in [1.29, 1.82) is 0 Å². The lowest BCUT2D eigenvalue weighted by Gasteiger charge is -2.40. The summed E-state index contributed by atoms with van der Waals surface area (Å²) in [5.74, 6) is 1.11. The third kappa shape index (κ3) is 7.76. The van der Waals surface area contributed by atoms with Crippen molar-refractivity contribution in [2.45, 2.75) is 70.7 Å². The van der Waals surface area contributed by atoms with Gasteiger partial charge in [0.2, 0.25) is 10.0 Å². The van der Waals surface area contributed by atoms with Gasteiger partial charge in [0.15, 0.2) is 0 Å². The summed E-state index contributed by atoms with van der Waals surface area (Å²) in [5.41, 5.74) is 3.45. The molecule has 0 radical (unpaired) electrons. The molecule has 2 aromatic carbocycles. The van der Waals surface area contributed by atoms with E-state index < -0.39 is 21.2 Å². The van der Waals surface area contributed by atoms with Crippen molar-refractivity contribution in [1.82, 2.24) is 4.72 Å². The van der Waals surface area contributed by atoms with Crippen molar-refractivity contribution in [3.63, 3.8) is 0 Å². The lowest BCUT2D eigenvalue weighted by Crippen LogP contribution is -2.41. The molecule has 5 rings (SSSR count). The van der Waals surface area contributed by atoms with Gasteiger partial charge in [0.1, 0.15) is 12.4 Å². The third-order valence-corrected chi connectivity index (χ3v) is 11.8. The van der Waals surface area contributed by atoms with Crippen LogP contribution in [0, 0.1) is 23.7 Å². The van der Waals surface area contributed by atoms with E-state index in [0.717, 1.165) is 67.9 Å². The molecule has 1 amide bonds. The van der Waals surface area contributed by atoms with E-state index >= 15 is 0 Å². The summed E-state index contributed by atoms with van der Waals surface area (Å²) in [6.07, 6.45) is 11.4. The molecule has 0 unspecified atom stereocenters. The fourth-order valence-corrected chi connectivity index (χ4v) is 8.03. The van der Waals surface area contributed by atoms with Gasteiger partial charge in [-0.15, -0.1) is 0 Å². The molecule has 3 aliphatic rings. The van der Waals surface area contributed by atoms with Crippen LogP contribution in [0.2, 0.25) is 5.02 Å². The number of nitrogens with zero attached hydrogens (tertiary/aromatic N) is 1. The fourth-order valence-electron chi connectivity index (χ4n) is 6.56. The molecule has 5 atom stereocenters. The Balaban J connectivity index is 1.52. The summed E-state index contributed by atoms with van der Waals surface area (Å²) >= 11 is 6.33. The Kier molecular flexibility index (Phi) is 10.4. The Hall–Kier alpha value is -2.55. The number of hydrogen-bond acceptors (Lipinski definition) is 6. The number of amides is 1. The topological polar surface area (TPSA) is 84.9 Å². The number of anilines is 1. The number of hydrogen-bond donors (Lipinski definition) is 1. The highest BCUT2D eigenvalue weighted by atomic mass is 35.5. The number of benzene rings is 2. The summed E-state index contributed by atoms with van der Waals surface area (Å²) < 4.78 is 40.9. The van der Waals surface area contributed by atoms with Gasteiger partial charge in [0.25, 0.3) is 5.91 Å². The Morgan fingerprint density at radius 1 is 1.07 bits per heavy atom. The number of sulfonamides is 1. The van der Waals surface area contributed by atoms with Crippen molar-refractivity contribution >= 4 is 33.2 Å². The Morgan fingerprint density at radius 3 is 2.67 bits per heavy atom. The number of methoxy groups -OCH3 is 1. The molecule has 2 bridgehead atoms. The Morgan fingerprint density at radius 2 is 1.91 bits per heavy atom. The predicted octanol–water partition coefficient (Wildman–Crippen LogP) is 6.78. The minimum atomic E-state index is -3.90. The van der Waals surface area contributed by atoms with E-state index in [1.807, 2.05) is 37.3 Å². The maximum absolute atomic E-state index is 13.4. The minimum absolute atomic E-state index is 0.143. The van der Waals surface area contributed by atoms with Gasteiger partial charge in [-0.25, -0.2) is 13.1 Å². The molecule has 0 spiro atoms. The number of allylic oxidation sites excluding steroid dienone is 2. The van der Waals surface area contributed by atoms with Gasteiger partial charge in [0.05, 0.1) is 10.9 Å². The SMILES string of the molecule is COCC[C@@H]1/C=C/[C@@H]2CC[C@H]2CN2CCCCc3cc(Cl)ccc3COc3ccc(cc32)C(=O)NS(=O)(=O)[C@H](C)[C@@H](C)C1. The number of aryl methyl sites for hydroxylation is 1. The largest absolute Gasteiger partial charge is 0.487 e. The molecular formula is C34H45ClN2O5S. The molecule has 1 fully saturated rings. The molecule has 43 heavy (non-hydrogen) atoms. The average molecular weight is 629 g/mol. The zero-order chi connectivity index (χ0) is 30.6. The van der Waals surface area contributed by atoms with Crippen molar-refractivity contribution in [2.75, 3.05) is 31.7 Å². The average Bonchev–Trinajstić information content (AvgIpc) is 2.99. The van der Waals surface area contributed by atoms with Gasteiger partial charge in [-0.3, -0.25) is 4.79 Å². The molecule has 1 aliphatic carbocycles. The first-order valence-corrected chi connectivity index (χ1v) is 17.6. The molecule has 234 valence electrons. The van der Waals surface area contributed by atoms with Crippen LogP contribution in [0.5, 0.6) is 5.75 Å². The number of halogens is 1. The lowest BCUT2D eigenvalue weighted by molar-refractivity contribution is 0.0980. The van der Waals surface area contributed by atoms with Crippen LogP contribution in [0.25, 0.3) is 0 Å². The molecule has 0 saturated heterocycles. The lowest BCUT2D eigenvalue weighted by atomic mass is 9.72. The van der Waals surface area contributed by atoms with Crippen LogP contribution in [0.4, 0.5) is 5.69 Å². The van der Waals surface area contributed by atoms with Crippen LogP contribution in [-0.2, 0) is 27.8 Å². The molecular weight excluding hydrogens is 584 g/mol. The highest BCUT2D eigenvalue weighted by Gasteiger charge is 2.34. The highest BCUT2D eigenvalue weighted by molar-refractivity contribution is 7.90. The van der Waals surface area contributed by atoms with Gasteiger partial charge < -0.3 is 14.4 Å². The minimum Gasteiger partial charge on any atom is -0.487 e. The molecule has 7 nitrogen and oxygen atoms in total. The van der Waals surface area contributed by atoms with Crippen LogP contribution >= 0.6 is 11.6 Å². The Labute approximate surface area is 262 Å². The van der Waals surface area contributed by atoms with Gasteiger partial charge >= 0.3 is 0 Å². The van der Waals surface area contributed by atoms with E-state index in [4.69, 9.17) is 21.1 Å². The molecule has 2 heterocycles. The maximum atomic E-state index is 13.4. The fraction of sp³-hybridized carbons (Fsp3) is 0.559. The normalized spacial score (nSPS) is 28.6. The van der Waals surface area contributed by atoms with Crippen molar-refractivity contribution in [2.24, 2.45) is 23.7 Å². The van der Waals surface area contributed by atoms with Crippen LogP contribution < -0.4 is 14.4 Å². The van der Waals surface area contributed by atoms with E-state index in [1.165, 1.54) is 5.56 Å². The van der Waals surface area contributed by atoms with E-state index in [-0.39, 0.29) is 11.8 Å². The van der Waals surface area contributed by atoms with E-state index in [1.54, 1.807) is 20.1 Å². The number of carbonyl (C=O) groups excluding carboxylic acids is 1. The number of rotatable bonds is 3. The first kappa shape index (κ1) is 31.9. The second-order valence-corrected chi connectivity index (χ2v) is 15.1. The number of carbonyl (C=O) groups is 1. The van der Waals surface area contributed by atoms with Crippen LogP contribution in [-0.4, -0.2) is 46.4 Å². The summed E-state index contributed by atoms with van der Waals surface area (Å²) in [6.45, 7) is 6.32. The molecule has 1 N–H and O–H groups in total. The van der Waals surface area contributed by atoms with Crippen molar-refractivity contribution in [3.05, 3.63) is 70.3 Å². The second-order valence-electron chi connectivity index (χ2n) is 12.6. The number of ether oxygens (including phenoxy) is 2. The van der Waals surface area contributed by atoms with Crippen molar-refractivity contribution in [3.8, 4) is 5.75 Å². The highest BCUT2D eigenvalue weighted by Crippen LogP contribution is 2.40. The smallest absolute Gasteiger partial charge is 0.264 e. The van der Waals surface area contributed by atoms with Gasteiger partial charge in [-0.05, 0) is 117 Å². The molecule has 9 heteroatoms. The standard InChI is InChI=1S/C34H45ClN2O5S/c1-23-18-25(15-17-41-3)7-8-26-9-10-29(26)21-37-16-5-4-6-27-19-31(35)13-11-30(27)22-42-33-14-12-28(20-32(33)37)34(38)36-43(39,40)24(23)2/h7-8,11-14,19-20,23-26,29H,4-6,9-10,15-18,21-22H2,1-3H3,(H,36,38)/b8-7+/t23-,24+,25-,26+,29-/m0/s1. The monoisotopic (exact) mass is 628 g/mol. The third-order valence-electron chi connectivity index (χ3n) is 9.69. The molecule has 2 aliphatic heterocycles. The van der Waals surface area contributed by atoms with E-state index in [2.05, 4.69) is 21.8 Å². The molecule has 1 saturated carbocycles.